The Morgan fingerprint density at radius 1 is 1.06 bits per heavy atom. The van der Waals surface area contributed by atoms with Gasteiger partial charge >= 0.3 is 0 Å². The highest BCUT2D eigenvalue weighted by molar-refractivity contribution is 5.69. The van der Waals surface area contributed by atoms with Crippen molar-refractivity contribution in [1.29, 1.82) is 0 Å². The number of hydrogen-bond donors (Lipinski definition) is 1. The number of phenols is 1. The zero-order valence-electron chi connectivity index (χ0n) is 10.2. The van der Waals surface area contributed by atoms with Crippen molar-refractivity contribution in [2.45, 2.75) is 13.8 Å². The van der Waals surface area contributed by atoms with Crippen LogP contribution < -0.4 is 4.90 Å². The van der Waals surface area contributed by atoms with Gasteiger partial charge in [-0.3, -0.25) is 0 Å². The summed E-state index contributed by atoms with van der Waals surface area (Å²) in [6.07, 6.45) is 0. The molecule has 0 saturated heterocycles. The molecule has 0 aromatic heterocycles. The molecule has 17 heavy (non-hydrogen) atoms. The standard InChI is InChI=1S/C15H17NO/c1-3-16(13-8-6-7-12(2)11-13)14-9-4-5-10-15(14)17/h4-11,17H,3H2,1-2H3. The Morgan fingerprint density at radius 3 is 2.47 bits per heavy atom. The number of para-hydroxylation sites is 2. The number of nitrogens with zero attached hydrogens (tertiary/aromatic N) is 1. The number of benzene rings is 2. The molecule has 0 aliphatic heterocycles. The third kappa shape index (κ3) is 2.41. The van der Waals surface area contributed by atoms with Crippen LogP contribution in [-0.2, 0) is 0 Å². The summed E-state index contributed by atoms with van der Waals surface area (Å²) in [6.45, 7) is 4.97. The quantitative estimate of drug-likeness (QED) is 0.860. The van der Waals surface area contributed by atoms with Crippen LogP contribution in [0.2, 0.25) is 0 Å². The predicted molar refractivity (Wildman–Crippen MR) is 72.0 cm³/mol. The summed E-state index contributed by atoms with van der Waals surface area (Å²) in [7, 11) is 0. The molecule has 1 N–H and O–H groups in total. The van der Waals surface area contributed by atoms with Crippen molar-refractivity contribution in [1.82, 2.24) is 0 Å². The van der Waals surface area contributed by atoms with Gasteiger partial charge in [-0.05, 0) is 43.7 Å². The summed E-state index contributed by atoms with van der Waals surface area (Å²) in [5, 5.41) is 9.90. The van der Waals surface area contributed by atoms with Crippen LogP contribution in [-0.4, -0.2) is 11.7 Å². The summed E-state index contributed by atoms with van der Waals surface area (Å²) < 4.78 is 0. The van der Waals surface area contributed by atoms with Gasteiger partial charge in [0.15, 0.2) is 0 Å². The van der Waals surface area contributed by atoms with Crippen LogP contribution in [0.3, 0.4) is 0 Å². The highest BCUT2D eigenvalue weighted by Crippen LogP contribution is 2.32. The first-order valence-corrected chi connectivity index (χ1v) is 5.84. The van der Waals surface area contributed by atoms with Gasteiger partial charge in [0.25, 0.3) is 0 Å². The summed E-state index contributed by atoms with van der Waals surface area (Å²) in [4.78, 5) is 2.10. The fourth-order valence-corrected chi connectivity index (χ4v) is 1.98. The molecule has 2 nitrogen and oxygen atoms in total. The van der Waals surface area contributed by atoms with E-state index in [9.17, 15) is 5.11 Å². The molecule has 0 unspecified atom stereocenters. The van der Waals surface area contributed by atoms with E-state index in [2.05, 4.69) is 36.9 Å². The van der Waals surface area contributed by atoms with Crippen molar-refractivity contribution in [3.63, 3.8) is 0 Å². The largest absolute Gasteiger partial charge is 0.506 e. The zero-order chi connectivity index (χ0) is 12.3. The van der Waals surface area contributed by atoms with Crippen LogP contribution in [0.25, 0.3) is 0 Å². The monoisotopic (exact) mass is 227 g/mol. The maximum Gasteiger partial charge on any atom is 0.139 e. The molecule has 0 heterocycles. The normalized spacial score (nSPS) is 10.2. The van der Waals surface area contributed by atoms with E-state index in [4.69, 9.17) is 0 Å². The number of phenolic OH excluding ortho intramolecular Hbond substituents is 1. The van der Waals surface area contributed by atoms with E-state index in [-0.39, 0.29) is 0 Å². The SMILES string of the molecule is CCN(c1cccc(C)c1)c1ccccc1O. The van der Waals surface area contributed by atoms with E-state index in [0.717, 1.165) is 17.9 Å². The smallest absolute Gasteiger partial charge is 0.139 e. The maximum absolute atomic E-state index is 9.90. The van der Waals surface area contributed by atoms with Crippen LogP contribution in [0.4, 0.5) is 11.4 Å². The molecule has 0 radical (unpaired) electrons. The van der Waals surface area contributed by atoms with Gasteiger partial charge < -0.3 is 10.0 Å². The molecular weight excluding hydrogens is 210 g/mol. The minimum Gasteiger partial charge on any atom is -0.506 e. The Balaban J connectivity index is 2.44. The van der Waals surface area contributed by atoms with E-state index in [0.29, 0.717) is 5.75 Å². The van der Waals surface area contributed by atoms with Gasteiger partial charge in [0.2, 0.25) is 0 Å². The average molecular weight is 227 g/mol. The lowest BCUT2D eigenvalue weighted by molar-refractivity contribution is 0.475. The van der Waals surface area contributed by atoms with Crippen LogP contribution in [0.1, 0.15) is 12.5 Å². The van der Waals surface area contributed by atoms with E-state index in [1.807, 2.05) is 24.3 Å². The molecule has 0 bridgehead atoms. The lowest BCUT2D eigenvalue weighted by Crippen LogP contribution is -2.16. The third-order valence-electron chi connectivity index (χ3n) is 2.80. The number of anilines is 2. The number of aryl methyl sites for hydroxylation is 1. The minimum atomic E-state index is 0.316. The summed E-state index contributed by atoms with van der Waals surface area (Å²) in [5.41, 5.74) is 3.17. The topological polar surface area (TPSA) is 23.5 Å². The molecule has 2 aromatic rings. The third-order valence-corrected chi connectivity index (χ3v) is 2.80. The molecule has 2 heteroatoms. The molecule has 0 spiro atoms. The van der Waals surface area contributed by atoms with Crippen LogP contribution in [0.5, 0.6) is 5.75 Å². The van der Waals surface area contributed by atoms with E-state index in [1.165, 1.54) is 5.56 Å². The Labute approximate surface area is 102 Å². The molecule has 0 fully saturated rings. The first-order chi connectivity index (χ1) is 8.22. The molecule has 0 atom stereocenters. The first-order valence-electron chi connectivity index (χ1n) is 5.84. The van der Waals surface area contributed by atoms with Gasteiger partial charge in [0.1, 0.15) is 5.75 Å². The second-order valence-electron chi connectivity index (χ2n) is 4.07. The van der Waals surface area contributed by atoms with Crippen molar-refractivity contribution >= 4 is 11.4 Å². The highest BCUT2D eigenvalue weighted by Gasteiger charge is 2.10. The molecular formula is C15H17NO. The Morgan fingerprint density at radius 2 is 1.82 bits per heavy atom. The predicted octanol–water partition coefficient (Wildman–Crippen LogP) is 3.86. The van der Waals surface area contributed by atoms with Gasteiger partial charge in [-0.2, -0.15) is 0 Å². The molecule has 0 aliphatic carbocycles. The number of rotatable bonds is 3. The number of hydrogen-bond acceptors (Lipinski definition) is 2. The summed E-state index contributed by atoms with van der Waals surface area (Å²) >= 11 is 0. The fourth-order valence-electron chi connectivity index (χ4n) is 1.98. The van der Waals surface area contributed by atoms with Crippen LogP contribution >= 0.6 is 0 Å². The number of aromatic hydroxyl groups is 1. The lowest BCUT2D eigenvalue weighted by Gasteiger charge is -2.24. The van der Waals surface area contributed by atoms with Gasteiger partial charge in [-0.25, -0.2) is 0 Å². The minimum absolute atomic E-state index is 0.316. The van der Waals surface area contributed by atoms with E-state index >= 15 is 0 Å². The lowest BCUT2D eigenvalue weighted by atomic mass is 10.2. The van der Waals surface area contributed by atoms with Crippen molar-refractivity contribution in [2.75, 3.05) is 11.4 Å². The van der Waals surface area contributed by atoms with Crippen LogP contribution in [0, 0.1) is 6.92 Å². The molecule has 0 amide bonds. The van der Waals surface area contributed by atoms with Crippen molar-refractivity contribution in [2.24, 2.45) is 0 Å². The maximum atomic E-state index is 9.90. The van der Waals surface area contributed by atoms with Crippen molar-refractivity contribution < 1.29 is 5.11 Å². The van der Waals surface area contributed by atoms with E-state index < -0.39 is 0 Å². The van der Waals surface area contributed by atoms with Gasteiger partial charge in [0.05, 0.1) is 5.69 Å². The summed E-state index contributed by atoms with van der Waals surface area (Å²) in [6, 6.07) is 15.7. The van der Waals surface area contributed by atoms with Gasteiger partial charge in [0, 0.05) is 12.2 Å². The van der Waals surface area contributed by atoms with E-state index in [1.54, 1.807) is 6.07 Å². The highest BCUT2D eigenvalue weighted by atomic mass is 16.3. The van der Waals surface area contributed by atoms with Gasteiger partial charge in [-0.1, -0.05) is 24.3 Å². The Kier molecular flexibility index (Phi) is 3.33. The molecule has 2 aromatic carbocycles. The average Bonchev–Trinajstić information content (AvgIpc) is 2.33. The van der Waals surface area contributed by atoms with Crippen molar-refractivity contribution in [3.8, 4) is 5.75 Å². The van der Waals surface area contributed by atoms with Crippen LogP contribution in [0.15, 0.2) is 48.5 Å². The second kappa shape index (κ2) is 4.91. The Bertz CT molecular complexity index is 508. The molecule has 2 rings (SSSR count). The van der Waals surface area contributed by atoms with Crippen molar-refractivity contribution in [3.05, 3.63) is 54.1 Å². The molecule has 0 saturated carbocycles. The fraction of sp³-hybridized carbons (Fsp3) is 0.200. The van der Waals surface area contributed by atoms with Gasteiger partial charge in [-0.15, -0.1) is 0 Å². The first kappa shape index (κ1) is 11.5. The Hall–Kier alpha value is -1.96. The molecule has 0 aliphatic rings. The zero-order valence-corrected chi connectivity index (χ0v) is 10.2. The second-order valence-corrected chi connectivity index (χ2v) is 4.07. The summed E-state index contributed by atoms with van der Waals surface area (Å²) in [5.74, 6) is 0.316. The molecule has 88 valence electrons.